The molecule has 66 heavy (non-hydrogen) atoms. The van der Waals surface area contributed by atoms with E-state index in [0.29, 0.717) is 5.56 Å². The van der Waals surface area contributed by atoms with Gasteiger partial charge in [0.2, 0.25) is 9.04 Å². The lowest BCUT2D eigenvalue weighted by atomic mass is 9.44. The third-order valence-electron chi connectivity index (χ3n) is 16.6. The van der Waals surface area contributed by atoms with Crippen LogP contribution in [-0.4, -0.2) is 121 Å². The molecule has 9 atom stereocenters. The Morgan fingerprint density at radius 3 is 1.65 bits per heavy atom. The van der Waals surface area contributed by atoms with E-state index in [9.17, 15) is 5.11 Å². The SMILES string of the molecule is CO[Si](O[C@H]1C(=O)[C@@]2(C)C([C@H](OC(=O)c3ccccc3)[C@]3(O[Si](C)C)C[C@H](O[Si](OC)(C(C)C)C(C)C)C(C)=C1C3(C)C)[C@]1(O)CO[C@@H]1C[C@@H]2O[Si](OC)(C(C)C)C(C)C)(C(C)C)C(C)C. The van der Waals surface area contributed by atoms with Crippen LogP contribution in [0.3, 0.4) is 0 Å². The van der Waals surface area contributed by atoms with E-state index in [1.807, 2.05) is 13.0 Å². The molecule has 5 rings (SSSR count). The second-order valence-corrected chi connectivity index (χ2v) is 37.8. The van der Waals surface area contributed by atoms with Crippen molar-refractivity contribution in [3.8, 4) is 0 Å². The van der Waals surface area contributed by atoms with Gasteiger partial charge in [0, 0.05) is 45.5 Å². The molecule has 0 aromatic heterocycles. The molecule has 16 heteroatoms. The Morgan fingerprint density at radius 1 is 0.758 bits per heavy atom. The summed E-state index contributed by atoms with van der Waals surface area (Å²) >= 11 is 0. The van der Waals surface area contributed by atoms with Crippen molar-refractivity contribution >= 4 is 46.5 Å². The maximum Gasteiger partial charge on any atom is 0.344 e. The highest BCUT2D eigenvalue weighted by molar-refractivity contribution is 6.71. The van der Waals surface area contributed by atoms with Gasteiger partial charge < -0.3 is 45.6 Å². The number of esters is 1. The van der Waals surface area contributed by atoms with Gasteiger partial charge in [0.25, 0.3) is 0 Å². The first-order chi connectivity index (χ1) is 30.5. The number of ether oxygens (including phenoxy) is 2. The second-order valence-electron chi connectivity index (χ2n) is 22.6. The molecule has 1 radical (unpaired) electrons. The highest BCUT2D eigenvalue weighted by Gasteiger charge is 2.78. The smallest absolute Gasteiger partial charge is 0.344 e. The molecule has 12 nitrogen and oxygen atoms in total. The average Bonchev–Trinajstić information content (AvgIpc) is 3.23. The van der Waals surface area contributed by atoms with Crippen molar-refractivity contribution < 1.29 is 55.2 Å². The number of rotatable bonds is 19. The fraction of sp³-hybridized carbons (Fsp3) is 0.800. The molecular formula is C50H87O12Si4. The van der Waals surface area contributed by atoms with Crippen LogP contribution in [-0.2, 0) is 45.3 Å². The fourth-order valence-electron chi connectivity index (χ4n) is 13.2. The van der Waals surface area contributed by atoms with E-state index < -0.39 is 99.2 Å². The molecule has 0 amide bonds. The Labute approximate surface area is 403 Å². The predicted molar refractivity (Wildman–Crippen MR) is 267 cm³/mol. The summed E-state index contributed by atoms with van der Waals surface area (Å²) in [6, 6.07) is 8.92. The Balaban J connectivity index is 2.04. The summed E-state index contributed by atoms with van der Waals surface area (Å²) in [6.45, 7) is 37.8. The van der Waals surface area contributed by atoms with Crippen LogP contribution < -0.4 is 0 Å². The topological polar surface area (TPSA) is 137 Å². The largest absolute Gasteiger partial charge is 0.455 e. The molecule has 1 aromatic carbocycles. The number of carbonyl (C=O) groups is 2. The summed E-state index contributed by atoms with van der Waals surface area (Å²) in [5, 5.41) is 13.6. The fourth-order valence-corrected chi connectivity index (χ4v) is 25.2. The van der Waals surface area contributed by atoms with Crippen LogP contribution in [0.2, 0.25) is 46.3 Å². The van der Waals surface area contributed by atoms with E-state index in [2.05, 4.69) is 117 Å². The number of carbonyl (C=O) groups excluding carboxylic acids is 2. The van der Waals surface area contributed by atoms with Crippen molar-refractivity contribution in [2.75, 3.05) is 27.9 Å². The lowest BCUT2D eigenvalue weighted by molar-refractivity contribution is -0.341. The predicted octanol–water partition coefficient (Wildman–Crippen LogP) is 10.6. The van der Waals surface area contributed by atoms with Gasteiger partial charge in [0.15, 0.2) is 5.78 Å². The van der Waals surface area contributed by atoms with Crippen molar-refractivity contribution in [2.24, 2.45) is 16.7 Å². The minimum absolute atomic E-state index is 0.0150. The zero-order valence-corrected chi connectivity index (χ0v) is 48.4. The molecule has 2 bridgehead atoms. The summed E-state index contributed by atoms with van der Waals surface area (Å²) in [6.07, 6.45) is -4.24. The van der Waals surface area contributed by atoms with Gasteiger partial charge in [0.1, 0.15) is 23.4 Å². The molecule has 1 aliphatic heterocycles. The van der Waals surface area contributed by atoms with Crippen LogP contribution in [0.4, 0.5) is 0 Å². The molecule has 0 spiro atoms. The number of fused-ring (bicyclic) bond motifs is 5. The van der Waals surface area contributed by atoms with Crippen LogP contribution in [0.25, 0.3) is 0 Å². The van der Waals surface area contributed by atoms with Gasteiger partial charge in [0.05, 0.1) is 35.9 Å². The number of aliphatic hydroxyl groups is 1. The minimum Gasteiger partial charge on any atom is -0.455 e. The number of ketones is 1. The monoisotopic (exact) mass is 992 g/mol. The summed E-state index contributed by atoms with van der Waals surface area (Å²) < 4.78 is 63.9. The minimum atomic E-state index is -3.31. The van der Waals surface area contributed by atoms with Crippen LogP contribution in [0, 0.1) is 16.7 Å². The van der Waals surface area contributed by atoms with Crippen LogP contribution in [0.5, 0.6) is 0 Å². The Bertz CT molecular complexity index is 1880. The first kappa shape index (κ1) is 55.5. The summed E-state index contributed by atoms with van der Waals surface area (Å²) in [5.41, 5.74) is -3.88. The molecule has 1 N–H and O–H groups in total. The number of Topliss-reactive ketones (excluding diaryl/α,β-unsaturated/α-hetero) is 1. The highest BCUT2D eigenvalue weighted by atomic mass is 28.4. The molecule has 1 unspecified atom stereocenters. The van der Waals surface area contributed by atoms with Crippen molar-refractivity contribution in [2.45, 2.75) is 212 Å². The van der Waals surface area contributed by atoms with Gasteiger partial charge in [-0.15, -0.1) is 0 Å². The Hall–Kier alpha value is -1.39. The molecule has 1 aromatic rings. The van der Waals surface area contributed by atoms with Gasteiger partial charge >= 0.3 is 31.7 Å². The first-order valence-corrected chi connectivity index (χ1v) is 32.9. The second kappa shape index (κ2) is 20.0. The van der Waals surface area contributed by atoms with E-state index in [4.69, 9.17) is 40.5 Å². The molecule has 1 heterocycles. The summed E-state index contributed by atoms with van der Waals surface area (Å²) in [5.74, 6) is -1.97. The van der Waals surface area contributed by atoms with E-state index in [1.54, 1.807) is 45.6 Å². The highest BCUT2D eigenvalue weighted by Crippen LogP contribution is 2.66. The van der Waals surface area contributed by atoms with Gasteiger partial charge in [-0.1, -0.05) is 115 Å². The molecule has 3 aliphatic carbocycles. The number of hydrogen-bond acceptors (Lipinski definition) is 12. The Morgan fingerprint density at radius 2 is 1.23 bits per heavy atom. The first-order valence-electron chi connectivity index (χ1n) is 24.6. The summed E-state index contributed by atoms with van der Waals surface area (Å²) in [4.78, 5) is 32.2. The van der Waals surface area contributed by atoms with Gasteiger partial charge in [-0.05, 0) is 83.5 Å². The van der Waals surface area contributed by atoms with Gasteiger partial charge in [-0.2, -0.15) is 0 Å². The van der Waals surface area contributed by atoms with Crippen molar-refractivity contribution in [1.82, 2.24) is 0 Å². The normalized spacial score (nSPS) is 31.7. The molecular weight excluding hydrogens is 905 g/mol. The lowest BCUT2D eigenvalue weighted by Gasteiger charge is -2.69. The molecule has 4 aliphatic rings. The molecule has 2 saturated carbocycles. The van der Waals surface area contributed by atoms with E-state index in [0.717, 1.165) is 11.1 Å². The zero-order chi connectivity index (χ0) is 49.9. The standard InChI is InChI=1S/C50H87O12Si4/c1-30(2)64(54-17,31(3)4)59-38-28-50(62-63(20)21)45(58-46(52)37-25-23-22-24-26-37)43-48(16,39(27-40-49(43,53)29-57-40)60-65(55-18,32(5)6)33(7)8)44(51)42(41(36(38)13)47(50,14)15)61-66(56-19,34(9)10)35(11)12/h22-26,30-35,38-40,42-43,45,53H,27-29H2,1-21H3/t38-,39-,40+,42+,43?,45-,48+,49-,50+/m0/s1. The van der Waals surface area contributed by atoms with Crippen molar-refractivity contribution in [1.29, 1.82) is 0 Å². The van der Waals surface area contributed by atoms with Gasteiger partial charge in [-0.3, -0.25) is 4.79 Å². The van der Waals surface area contributed by atoms with E-state index in [1.165, 1.54) is 0 Å². The van der Waals surface area contributed by atoms with Crippen LogP contribution >= 0.6 is 0 Å². The van der Waals surface area contributed by atoms with Crippen molar-refractivity contribution in [3.05, 3.63) is 47.0 Å². The van der Waals surface area contributed by atoms with E-state index >= 15 is 9.59 Å². The molecule has 1 saturated heterocycles. The Kier molecular flexibility index (Phi) is 16.8. The van der Waals surface area contributed by atoms with Crippen LogP contribution in [0.1, 0.15) is 134 Å². The zero-order valence-electron chi connectivity index (χ0n) is 44.4. The maximum absolute atomic E-state index is 17.2. The molecule has 3 fully saturated rings. The summed E-state index contributed by atoms with van der Waals surface area (Å²) in [7, 11) is -6.06. The van der Waals surface area contributed by atoms with Crippen LogP contribution in [0.15, 0.2) is 41.5 Å². The lowest BCUT2D eigenvalue weighted by Crippen LogP contribution is -2.82. The average molecular weight is 993 g/mol. The van der Waals surface area contributed by atoms with E-state index in [-0.39, 0.29) is 58.5 Å². The number of hydrogen-bond donors (Lipinski definition) is 1. The maximum atomic E-state index is 17.2. The van der Waals surface area contributed by atoms with Crippen molar-refractivity contribution in [3.63, 3.8) is 0 Å². The third-order valence-corrected chi connectivity index (χ3v) is 30.9. The third kappa shape index (κ3) is 8.66. The number of benzene rings is 1. The quantitative estimate of drug-likeness (QED) is 0.0802. The molecule has 375 valence electrons. The van der Waals surface area contributed by atoms with Gasteiger partial charge in [-0.25, -0.2) is 4.79 Å².